The predicted molar refractivity (Wildman–Crippen MR) is 70.7 cm³/mol. The standard InChI is InChI=1S/C13H27N3O/c1-5-12(7-14)6-13(17)16-8-10(2)15(4)11(3)9-16/h10-12H,5-9,14H2,1-4H3. The number of piperazine rings is 1. The van der Waals surface area contributed by atoms with Crippen LogP contribution in [-0.4, -0.2) is 54.5 Å². The topological polar surface area (TPSA) is 49.6 Å². The number of nitrogens with two attached hydrogens (primary N) is 1. The van der Waals surface area contributed by atoms with Gasteiger partial charge in [-0.1, -0.05) is 13.3 Å². The molecule has 1 fully saturated rings. The van der Waals surface area contributed by atoms with E-state index in [1.165, 1.54) is 0 Å². The highest BCUT2D eigenvalue weighted by molar-refractivity contribution is 5.76. The SMILES string of the molecule is CCC(CN)CC(=O)N1CC(C)N(C)C(C)C1. The van der Waals surface area contributed by atoms with E-state index >= 15 is 0 Å². The van der Waals surface area contributed by atoms with E-state index in [1.807, 2.05) is 4.90 Å². The van der Waals surface area contributed by atoms with Crippen LogP contribution in [0.25, 0.3) is 0 Å². The fraction of sp³-hybridized carbons (Fsp3) is 0.923. The molecule has 3 unspecified atom stereocenters. The van der Waals surface area contributed by atoms with E-state index < -0.39 is 0 Å². The van der Waals surface area contributed by atoms with Gasteiger partial charge in [0.05, 0.1) is 0 Å². The van der Waals surface area contributed by atoms with Crippen molar-refractivity contribution in [2.75, 3.05) is 26.7 Å². The Balaban J connectivity index is 2.52. The number of likely N-dealkylation sites (N-methyl/N-ethyl adjacent to an activating group) is 1. The molecule has 3 atom stereocenters. The molecule has 1 rings (SSSR count). The van der Waals surface area contributed by atoms with Crippen LogP contribution in [0.2, 0.25) is 0 Å². The Morgan fingerprint density at radius 2 is 1.88 bits per heavy atom. The molecular weight excluding hydrogens is 214 g/mol. The number of amides is 1. The van der Waals surface area contributed by atoms with Crippen molar-refractivity contribution in [3.63, 3.8) is 0 Å². The van der Waals surface area contributed by atoms with Crippen molar-refractivity contribution in [1.82, 2.24) is 9.80 Å². The molecule has 100 valence electrons. The first kappa shape index (κ1) is 14.5. The van der Waals surface area contributed by atoms with Gasteiger partial charge in [0, 0.05) is 31.6 Å². The molecule has 2 N–H and O–H groups in total. The first-order valence-electron chi connectivity index (χ1n) is 6.69. The summed E-state index contributed by atoms with van der Waals surface area (Å²) in [6.07, 6.45) is 1.59. The molecule has 1 aliphatic heterocycles. The molecule has 0 aromatic heterocycles. The van der Waals surface area contributed by atoms with Gasteiger partial charge in [-0.15, -0.1) is 0 Å². The van der Waals surface area contributed by atoms with E-state index in [0.29, 0.717) is 31.0 Å². The average molecular weight is 241 g/mol. The van der Waals surface area contributed by atoms with Crippen molar-refractivity contribution in [3.8, 4) is 0 Å². The van der Waals surface area contributed by atoms with Gasteiger partial charge in [0.25, 0.3) is 0 Å². The third kappa shape index (κ3) is 3.68. The Hall–Kier alpha value is -0.610. The maximum Gasteiger partial charge on any atom is 0.223 e. The van der Waals surface area contributed by atoms with Gasteiger partial charge in [-0.05, 0) is 33.4 Å². The normalized spacial score (nSPS) is 28.2. The number of rotatable bonds is 4. The maximum absolute atomic E-state index is 12.2. The van der Waals surface area contributed by atoms with Gasteiger partial charge in [-0.25, -0.2) is 0 Å². The van der Waals surface area contributed by atoms with Crippen LogP contribution >= 0.6 is 0 Å². The van der Waals surface area contributed by atoms with Gasteiger partial charge < -0.3 is 10.6 Å². The summed E-state index contributed by atoms with van der Waals surface area (Å²) in [5.74, 6) is 0.613. The lowest BCUT2D eigenvalue weighted by Gasteiger charge is -2.42. The van der Waals surface area contributed by atoms with E-state index in [2.05, 4.69) is 32.7 Å². The molecule has 1 saturated heterocycles. The maximum atomic E-state index is 12.2. The highest BCUT2D eigenvalue weighted by Gasteiger charge is 2.29. The van der Waals surface area contributed by atoms with E-state index in [-0.39, 0.29) is 5.91 Å². The third-order valence-electron chi connectivity index (χ3n) is 4.09. The minimum absolute atomic E-state index is 0.272. The monoisotopic (exact) mass is 241 g/mol. The van der Waals surface area contributed by atoms with Crippen LogP contribution in [0.1, 0.15) is 33.6 Å². The van der Waals surface area contributed by atoms with Gasteiger partial charge in [0.15, 0.2) is 0 Å². The van der Waals surface area contributed by atoms with Crippen LogP contribution in [0.4, 0.5) is 0 Å². The average Bonchev–Trinajstić information content (AvgIpc) is 2.31. The molecule has 1 amide bonds. The highest BCUT2D eigenvalue weighted by Crippen LogP contribution is 2.16. The largest absolute Gasteiger partial charge is 0.340 e. The summed E-state index contributed by atoms with van der Waals surface area (Å²) in [6.45, 7) is 8.76. The van der Waals surface area contributed by atoms with E-state index in [4.69, 9.17) is 5.73 Å². The molecule has 17 heavy (non-hydrogen) atoms. The molecule has 0 aromatic rings. The number of carbonyl (C=O) groups excluding carboxylic acids is 1. The van der Waals surface area contributed by atoms with Crippen LogP contribution in [0.3, 0.4) is 0 Å². The van der Waals surface area contributed by atoms with Gasteiger partial charge in [0.2, 0.25) is 5.91 Å². The van der Waals surface area contributed by atoms with Gasteiger partial charge in [-0.3, -0.25) is 9.69 Å². The lowest BCUT2D eigenvalue weighted by atomic mass is 10.0. The highest BCUT2D eigenvalue weighted by atomic mass is 16.2. The van der Waals surface area contributed by atoms with Crippen molar-refractivity contribution >= 4 is 5.91 Å². The molecule has 0 radical (unpaired) electrons. The van der Waals surface area contributed by atoms with Gasteiger partial charge >= 0.3 is 0 Å². The predicted octanol–water partition coefficient (Wildman–Crippen LogP) is 0.912. The quantitative estimate of drug-likeness (QED) is 0.796. The van der Waals surface area contributed by atoms with Crippen molar-refractivity contribution in [2.24, 2.45) is 11.7 Å². The van der Waals surface area contributed by atoms with Crippen LogP contribution in [0, 0.1) is 5.92 Å². The molecule has 0 saturated carbocycles. The Morgan fingerprint density at radius 3 is 2.29 bits per heavy atom. The van der Waals surface area contributed by atoms with Gasteiger partial charge in [-0.2, -0.15) is 0 Å². The van der Waals surface area contributed by atoms with Crippen molar-refractivity contribution in [2.45, 2.75) is 45.7 Å². The summed E-state index contributed by atoms with van der Waals surface area (Å²) in [4.78, 5) is 16.5. The number of carbonyl (C=O) groups is 1. The van der Waals surface area contributed by atoms with E-state index in [1.54, 1.807) is 0 Å². The van der Waals surface area contributed by atoms with Crippen LogP contribution in [0.15, 0.2) is 0 Å². The first-order chi connectivity index (χ1) is 7.99. The summed E-state index contributed by atoms with van der Waals surface area (Å²) in [5.41, 5.74) is 5.66. The van der Waals surface area contributed by atoms with E-state index in [9.17, 15) is 4.79 Å². The second kappa shape index (κ2) is 6.36. The molecule has 0 spiro atoms. The zero-order valence-electron chi connectivity index (χ0n) is 11.6. The van der Waals surface area contributed by atoms with Crippen LogP contribution < -0.4 is 5.73 Å². The number of hydrogen-bond acceptors (Lipinski definition) is 3. The lowest BCUT2D eigenvalue weighted by Crippen LogP contribution is -2.56. The summed E-state index contributed by atoms with van der Waals surface area (Å²) >= 11 is 0. The second-order valence-electron chi connectivity index (χ2n) is 5.38. The van der Waals surface area contributed by atoms with Crippen molar-refractivity contribution in [1.29, 1.82) is 0 Å². The molecule has 1 aliphatic rings. The van der Waals surface area contributed by atoms with Crippen molar-refractivity contribution < 1.29 is 4.79 Å². The van der Waals surface area contributed by atoms with Crippen molar-refractivity contribution in [3.05, 3.63) is 0 Å². The first-order valence-corrected chi connectivity index (χ1v) is 6.69. The summed E-state index contributed by atoms with van der Waals surface area (Å²) in [7, 11) is 2.13. The molecule has 0 aromatic carbocycles. The molecule has 1 heterocycles. The second-order valence-corrected chi connectivity index (χ2v) is 5.38. The molecule has 4 nitrogen and oxygen atoms in total. The third-order valence-corrected chi connectivity index (χ3v) is 4.09. The molecule has 4 heteroatoms. The number of hydrogen-bond donors (Lipinski definition) is 1. The molecule has 0 aliphatic carbocycles. The summed E-state index contributed by atoms with van der Waals surface area (Å²) in [6, 6.07) is 0.890. The Morgan fingerprint density at radius 1 is 1.35 bits per heavy atom. The Kier molecular flexibility index (Phi) is 5.40. The molecular formula is C13H27N3O. The fourth-order valence-corrected chi connectivity index (χ4v) is 2.38. The smallest absolute Gasteiger partial charge is 0.223 e. The Bertz CT molecular complexity index is 241. The Labute approximate surface area is 105 Å². The minimum atomic E-state index is 0.272. The number of nitrogens with zero attached hydrogens (tertiary/aromatic N) is 2. The van der Waals surface area contributed by atoms with Crippen LogP contribution in [-0.2, 0) is 4.79 Å². The zero-order valence-corrected chi connectivity index (χ0v) is 11.6. The summed E-state index contributed by atoms with van der Waals surface area (Å²) in [5, 5.41) is 0. The van der Waals surface area contributed by atoms with Gasteiger partial charge in [0.1, 0.15) is 0 Å². The minimum Gasteiger partial charge on any atom is -0.340 e. The lowest BCUT2D eigenvalue weighted by molar-refractivity contribution is -0.136. The fourth-order valence-electron chi connectivity index (χ4n) is 2.38. The molecule has 0 bridgehead atoms. The zero-order chi connectivity index (χ0) is 13.0. The van der Waals surface area contributed by atoms with Crippen LogP contribution in [0.5, 0.6) is 0 Å². The van der Waals surface area contributed by atoms with E-state index in [0.717, 1.165) is 19.5 Å². The summed E-state index contributed by atoms with van der Waals surface area (Å²) < 4.78 is 0.